The Morgan fingerprint density at radius 2 is 2.05 bits per heavy atom. The fourth-order valence-electron chi connectivity index (χ4n) is 2.96. The molecule has 1 aliphatic rings. The summed E-state index contributed by atoms with van der Waals surface area (Å²) in [5.74, 6) is -0.706. The molecule has 0 aromatic rings. The zero-order chi connectivity index (χ0) is 15.8. The zero-order valence-corrected chi connectivity index (χ0v) is 13.4. The molecule has 122 valence electrons. The number of likely N-dealkylation sites (tertiary alicyclic amines) is 1. The molecule has 1 fully saturated rings. The molecule has 0 radical (unpaired) electrons. The number of urea groups is 1. The van der Waals surface area contributed by atoms with Gasteiger partial charge in [-0.2, -0.15) is 0 Å². The van der Waals surface area contributed by atoms with Crippen LogP contribution < -0.4 is 0 Å². The Morgan fingerprint density at radius 3 is 2.57 bits per heavy atom. The summed E-state index contributed by atoms with van der Waals surface area (Å²) >= 11 is 0. The van der Waals surface area contributed by atoms with E-state index in [1.165, 1.54) is 0 Å². The quantitative estimate of drug-likeness (QED) is 0.744. The molecule has 1 rings (SSSR count). The minimum Gasteiger partial charge on any atom is -0.481 e. The maximum Gasteiger partial charge on any atom is 0.320 e. The van der Waals surface area contributed by atoms with Gasteiger partial charge >= 0.3 is 12.0 Å². The normalized spacial score (nSPS) is 18.3. The van der Waals surface area contributed by atoms with Crippen LogP contribution in [0.15, 0.2) is 0 Å². The molecule has 0 bridgehead atoms. The third-order valence-corrected chi connectivity index (χ3v) is 4.18. The number of ether oxygens (including phenoxy) is 1. The third-order valence-electron chi connectivity index (χ3n) is 4.18. The van der Waals surface area contributed by atoms with Gasteiger partial charge in [0.25, 0.3) is 0 Å². The van der Waals surface area contributed by atoms with Crippen LogP contribution in [0.2, 0.25) is 0 Å². The van der Waals surface area contributed by atoms with Gasteiger partial charge in [0.2, 0.25) is 0 Å². The molecule has 0 aromatic heterocycles. The van der Waals surface area contributed by atoms with Crippen molar-refractivity contribution in [3.63, 3.8) is 0 Å². The summed E-state index contributed by atoms with van der Waals surface area (Å²) in [5, 5.41) is 8.86. The second-order valence-electron chi connectivity index (χ2n) is 5.64. The molecule has 1 aliphatic heterocycles. The fourth-order valence-corrected chi connectivity index (χ4v) is 2.96. The molecule has 6 heteroatoms. The number of nitrogens with zero attached hydrogens (tertiary/aromatic N) is 2. The summed E-state index contributed by atoms with van der Waals surface area (Å²) < 4.78 is 5.11. The summed E-state index contributed by atoms with van der Waals surface area (Å²) in [5.41, 5.74) is 0. The molecule has 2 amide bonds. The van der Waals surface area contributed by atoms with Gasteiger partial charge in [0.15, 0.2) is 0 Å². The summed E-state index contributed by atoms with van der Waals surface area (Å²) in [6, 6.07) is 0.236. The maximum atomic E-state index is 12.7. The minimum absolute atomic E-state index is 0.0219. The van der Waals surface area contributed by atoms with Gasteiger partial charge in [0, 0.05) is 39.2 Å². The summed E-state index contributed by atoms with van der Waals surface area (Å²) in [7, 11) is 1.63. The third kappa shape index (κ3) is 5.19. The number of rotatable bonds is 8. The lowest BCUT2D eigenvalue weighted by Gasteiger charge is -2.34. The number of carboxylic acids is 1. The number of carboxylic acid groups (broad SMARTS) is 1. The van der Waals surface area contributed by atoms with Crippen molar-refractivity contribution in [1.29, 1.82) is 0 Å². The van der Waals surface area contributed by atoms with Crippen LogP contribution >= 0.6 is 0 Å². The van der Waals surface area contributed by atoms with E-state index in [9.17, 15) is 9.59 Å². The van der Waals surface area contributed by atoms with E-state index in [2.05, 4.69) is 13.8 Å². The van der Waals surface area contributed by atoms with E-state index < -0.39 is 5.97 Å². The maximum absolute atomic E-state index is 12.7. The lowest BCUT2D eigenvalue weighted by molar-refractivity contribution is -0.138. The Balaban J connectivity index is 2.65. The first kappa shape index (κ1) is 17.8. The summed E-state index contributed by atoms with van der Waals surface area (Å²) in [4.78, 5) is 27.1. The lowest BCUT2D eigenvalue weighted by atomic mass is 10.1. The molecular formula is C15H28N2O4. The topological polar surface area (TPSA) is 70.1 Å². The smallest absolute Gasteiger partial charge is 0.320 e. The first-order valence-electron chi connectivity index (χ1n) is 7.79. The number of carbonyl (C=O) groups is 2. The van der Waals surface area contributed by atoms with E-state index in [1.807, 2.05) is 4.90 Å². The highest BCUT2D eigenvalue weighted by Gasteiger charge is 2.32. The Bertz CT molecular complexity index is 345. The molecule has 0 saturated carbocycles. The molecule has 6 nitrogen and oxygen atoms in total. The van der Waals surface area contributed by atoms with Crippen LogP contribution in [0.25, 0.3) is 0 Å². The molecule has 1 heterocycles. The van der Waals surface area contributed by atoms with Crippen molar-refractivity contribution >= 4 is 12.0 Å². The van der Waals surface area contributed by atoms with Gasteiger partial charge in [-0.3, -0.25) is 4.79 Å². The average Bonchev–Trinajstić information content (AvgIpc) is 2.90. The number of aliphatic carboxylic acids is 1. The fraction of sp³-hybridized carbons (Fsp3) is 0.867. The Morgan fingerprint density at radius 1 is 1.38 bits per heavy atom. The van der Waals surface area contributed by atoms with Crippen LogP contribution in [0, 0.1) is 5.92 Å². The first-order valence-corrected chi connectivity index (χ1v) is 7.79. The zero-order valence-electron chi connectivity index (χ0n) is 13.4. The Labute approximate surface area is 127 Å². The van der Waals surface area contributed by atoms with Crippen molar-refractivity contribution in [2.24, 2.45) is 5.92 Å². The largest absolute Gasteiger partial charge is 0.481 e. The molecule has 1 N–H and O–H groups in total. The number of methoxy groups -OCH3 is 1. The van der Waals surface area contributed by atoms with Gasteiger partial charge in [0.05, 0.1) is 6.61 Å². The molecule has 1 saturated heterocycles. The van der Waals surface area contributed by atoms with Crippen molar-refractivity contribution in [2.75, 3.05) is 33.4 Å². The van der Waals surface area contributed by atoms with E-state index in [1.54, 1.807) is 12.0 Å². The monoisotopic (exact) mass is 300 g/mol. The van der Waals surface area contributed by atoms with Crippen LogP contribution in [-0.2, 0) is 9.53 Å². The van der Waals surface area contributed by atoms with Gasteiger partial charge in [-0.25, -0.2) is 4.79 Å². The summed E-state index contributed by atoms with van der Waals surface area (Å²) in [6.45, 7) is 6.47. The van der Waals surface area contributed by atoms with Crippen molar-refractivity contribution in [3.05, 3.63) is 0 Å². The number of carbonyl (C=O) groups excluding carboxylic acids is 1. The van der Waals surface area contributed by atoms with E-state index in [4.69, 9.17) is 9.84 Å². The Kier molecular flexibility index (Phi) is 7.50. The van der Waals surface area contributed by atoms with Gasteiger partial charge in [-0.05, 0) is 25.2 Å². The SMILES string of the molecule is CCC(CC)N(CCOC)C(=O)N1CCC(CC(=O)O)C1. The number of hydrogen-bond acceptors (Lipinski definition) is 3. The predicted molar refractivity (Wildman–Crippen MR) is 80.3 cm³/mol. The number of amides is 2. The van der Waals surface area contributed by atoms with Gasteiger partial charge in [-0.15, -0.1) is 0 Å². The molecule has 21 heavy (non-hydrogen) atoms. The second kappa shape index (κ2) is 8.87. The number of hydrogen-bond donors (Lipinski definition) is 1. The second-order valence-corrected chi connectivity index (χ2v) is 5.64. The standard InChI is InChI=1S/C15H28N2O4/c1-4-13(5-2)17(8-9-21-3)15(20)16-7-6-12(11-16)10-14(18)19/h12-13H,4-11H2,1-3H3,(H,18,19). The molecule has 0 spiro atoms. The molecule has 0 aliphatic carbocycles. The van der Waals surface area contributed by atoms with Crippen molar-refractivity contribution in [1.82, 2.24) is 9.80 Å². The van der Waals surface area contributed by atoms with Gasteiger partial charge in [-0.1, -0.05) is 13.8 Å². The Hall–Kier alpha value is -1.30. The van der Waals surface area contributed by atoms with Crippen LogP contribution in [0.4, 0.5) is 4.79 Å². The van der Waals surface area contributed by atoms with Crippen molar-refractivity contribution in [3.8, 4) is 0 Å². The van der Waals surface area contributed by atoms with E-state index in [0.29, 0.717) is 26.2 Å². The van der Waals surface area contributed by atoms with E-state index in [-0.39, 0.29) is 24.4 Å². The highest BCUT2D eigenvalue weighted by molar-refractivity contribution is 5.75. The van der Waals surface area contributed by atoms with Crippen LogP contribution in [0.5, 0.6) is 0 Å². The predicted octanol–water partition coefficient (Wildman–Crippen LogP) is 2.04. The summed E-state index contributed by atoms with van der Waals surface area (Å²) in [6.07, 6.45) is 2.75. The average molecular weight is 300 g/mol. The van der Waals surface area contributed by atoms with Crippen LogP contribution in [-0.4, -0.2) is 66.3 Å². The molecule has 0 aromatic carbocycles. The molecule has 1 unspecified atom stereocenters. The minimum atomic E-state index is -0.787. The first-order chi connectivity index (χ1) is 10.0. The van der Waals surface area contributed by atoms with Crippen LogP contribution in [0.1, 0.15) is 39.5 Å². The van der Waals surface area contributed by atoms with Gasteiger partial charge in [0.1, 0.15) is 0 Å². The molecule has 1 atom stereocenters. The highest BCUT2D eigenvalue weighted by Crippen LogP contribution is 2.22. The van der Waals surface area contributed by atoms with E-state index >= 15 is 0 Å². The van der Waals surface area contributed by atoms with Crippen molar-refractivity contribution < 1.29 is 19.4 Å². The van der Waals surface area contributed by atoms with Gasteiger partial charge < -0.3 is 19.6 Å². The van der Waals surface area contributed by atoms with Crippen molar-refractivity contribution in [2.45, 2.75) is 45.6 Å². The highest BCUT2D eigenvalue weighted by atomic mass is 16.5. The van der Waals surface area contributed by atoms with Crippen LogP contribution in [0.3, 0.4) is 0 Å². The lowest BCUT2D eigenvalue weighted by Crippen LogP contribution is -2.48. The molecular weight excluding hydrogens is 272 g/mol. The van der Waals surface area contributed by atoms with E-state index in [0.717, 1.165) is 19.3 Å².